The van der Waals surface area contributed by atoms with Crippen LogP contribution in [-0.4, -0.2) is 37.7 Å². The molecule has 0 spiro atoms. The van der Waals surface area contributed by atoms with E-state index in [1.54, 1.807) is 6.20 Å². The largest absolute Gasteiger partial charge is 0.345 e. The molecule has 6 heteroatoms. The predicted molar refractivity (Wildman–Crippen MR) is 67.5 cm³/mol. The molecule has 0 saturated carbocycles. The highest BCUT2D eigenvalue weighted by Crippen LogP contribution is 2.25. The van der Waals surface area contributed by atoms with E-state index in [2.05, 4.69) is 29.9 Å². The minimum absolute atomic E-state index is 0.488. The first kappa shape index (κ1) is 10.0. The zero-order valence-corrected chi connectivity index (χ0v) is 9.93. The van der Waals surface area contributed by atoms with E-state index in [0.29, 0.717) is 5.92 Å². The third-order valence-corrected chi connectivity index (χ3v) is 3.67. The molecule has 18 heavy (non-hydrogen) atoms. The standard InChI is InChI=1S/C12H14N6/c1-4-13-5-2-8(1)12-17-16-10-7-15-11-9(18(10)12)3-6-14-11/h3,6-8,13-14H,1-2,4-5H2. The minimum atomic E-state index is 0.488. The summed E-state index contributed by atoms with van der Waals surface area (Å²) < 4.78 is 2.13. The Hall–Kier alpha value is -1.95. The molecule has 4 heterocycles. The van der Waals surface area contributed by atoms with Gasteiger partial charge in [0, 0.05) is 12.1 Å². The molecule has 1 aliphatic heterocycles. The molecule has 2 N–H and O–H groups in total. The number of hydrogen-bond acceptors (Lipinski definition) is 4. The second-order valence-corrected chi connectivity index (χ2v) is 4.75. The van der Waals surface area contributed by atoms with E-state index in [4.69, 9.17) is 0 Å². The summed E-state index contributed by atoms with van der Waals surface area (Å²) in [6.45, 7) is 2.11. The van der Waals surface area contributed by atoms with Crippen molar-refractivity contribution in [3.8, 4) is 0 Å². The number of nitrogens with one attached hydrogen (secondary N) is 2. The Kier molecular flexibility index (Phi) is 2.10. The number of piperidine rings is 1. The molecule has 3 aromatic rings. The second kappa shape index (κ2) is 3.78. The highest BCUT2D eigenvalue weighted by Gasteiger charge is 2.21. The van der Waals surface area contributed by atoms with Gasteiger partial charge in [0.05, 0.1) is 11.7 Å². The number of aromatic nitrogens is 5. The Morgan fingerprint density at radius 3 is 3.00 bits per heavy atom. The van der Waals surface area contributed by atoms with Gasteiger partial charge >= 0.3 is 0 Å². The first-order chi connectivity index (χ1) is 8.93. The van der Waals surface area contributed by atoms with Gasteiger partial charge < -0.3 is 10.3 Å². The van der Waals surface area contributed by atoms with Crippen molar-refractivity contribution in [2.24, 2.45) is 0 Å². The van der Waals surface area contributed by atoms with Crippen LogP contribution in [0.4, 0.5) is 0 Å². The van der Waals surface area contributed by atoms with E-state index in [9.17, 15) is 0 Å². The summed E-state index contributed by atoms with van der Waals surface area (Å²) in [7, 11) is 0. The Bertz CT molecular complexity index is 691. The van der Waals surface area contributed by atoms with Crippen molar-refractivity contribution in [2.45, 2.75) is 18.8 Å². The van der Waals surface area contributed by atoms with Gasteiger partial charge in [-0.3, -0.25) is 4.40 Å². The fraction of sp³-hybridized carbons (Fsp3) is 0.417. The van der Waals surface area contributed by atoms with Crippen molar-refractivity contribution in [3.63, 3.8) is 0 Å². The van der Waals surface area contributed by atoms with Crippen LogP contribution in [0.2, 0.25) is 0 Å². The molecule has 1 fully saturated rings. The van der Waals surface area contributed by atoms with Crippen LogP contribution in [0.1, 0.15) is 24.6 Å². The lowest BCUT2D eigenvalue weighted by molar-refractivity contribution is 0.443. The molecule has 0 bridgehead atoms. The maximum Gasteiger partial charge on any atom is 0.179 e. The number of rotatable bonds is 1. The van der Waals surface area contributed by atoms with E-state index >= 15 is 0 Å². The van der Waals surface area contributed by atoms with Crippen molar-refractivity contribution < 1.29 is 0 Å². The van der Waals surface area contributed by atoms with Gasteiger partial charge in [-0.25, -0.2) is 4.98 Å². The van der Waals surface area contributed by atoms with Crippen LogP contribution in [0.15, 0.2) is 18.5 Å². The van der Waals surface area contributed by atoms with E-state index in [1.165, 1.54) is 0 Å². The zero-order valence-electron chi connectivity index (χ0n) is 9.93. The molecule has 0 unspecified atom stereocenters. The molecule has 92 valence electrons. The minimum Gasteiger partial charge on any atom is -0.345 e. The normalized spacial score (nSPS) is 17.8. The van der Waals surface area contributed by atoms with Gasteiger partial charge in [0.1, 0.15) is 5.82 Å². The predicted octanol–water partition coefficient (Wildman–Crippen LogP) is 1.07. The van der Waals surface area contributed by atoms with Crippen molar-refractivity contribution in [3.05, 3.63) is 24.3 Å². The molecule has 0 aromatic carbocycles. The Morgan fingerprint density at radius 2 is 2.11 bits per heavy atom. The molecule has 4 rings (SSSR count). The van der Waals surface area contributed by atoms with Gasteiger partial charge in [0.2, 0.25) is 0 Å². The lowest BCUT2D eigenvalue weighted by atomic mass is 9.97. The van der Waals surface area contributed by atoms with E-state index in [0.717, 1.165) is 48.6 Å². The van der Waals surface area contributed by atoms with Crippen molar-refractivity contribution in [1.29, 1.82) is 0 Å². The van der Waals surface area contributed by atoms with Gasteiger partial charge in [-0.05, 0) is 32.0 Å². The summed E-state index contributed by atoms with van der Waals surface area (Å²) in [5.74, 6) is 1.56. The first-order valence-electron chi connectivity index (χ1n) is 6.31. The number of hydrogen-bond donors (Lipinski definition) is 2. The number of nitrogens with zero attached hydrogens (tertiary/aromatic N) is 4. The fourth-order valence-electron chi connectivity index (χ4n) is 2.74. The maximum absolute atomic E-state index is 4.38. The Morgan fingerprint density at radius 1 is 1.22 bits per heavy atom. The van der Waals surface area contributed by atoms with Crippen LogP contribution >= 0.6 is 0 Å². The zero-order chi connectivity index (χ0) is 11.9. The molecule has 1 saturated heterocycles. The molecule has 0 amide bonds. The second-order valence-electron chi connectivity index (χ2n) is 4.75. The lowest BCUT2D eigenvalue weighted by Crippen LogP contribution is -2.27. The van der Waals surface area contributed by atoms with Crippen LogP contribution in [0.3, 0.4) is 0 Å². The van der Waals surface area contributed by atoms with Crippen LogP contribution in [0.25, 0.3) is 16.8 Å². The van der Waals surface area contributed by atoms with E-state index < -0.39 is 0 Å². The van der Waals surface area contributed by atoms with Gasteiger partial charge in [0.25, 0.3) is 0 Å². The molecule has 6 nitrogen and oxygen atoms in total. The topological polar surface area (TPSA) is 70.9 Å². The SMILES string of the molecule is c1cc2c(ncc3nnc(C4CCNCC4)n32)[nH]1. The van der Waals surface area contributed by atoms with E-state index in [1.807, 2.05) is 12.3 Å². The fourth-order valence-corrected chi connectivity index (χ4v) is 2.74. The monoisotopic (exact) mass is 242 g/mol. The molecular formula is C12H14N6. The van der Waals surface area contributed by atoms with Crippen molar-refractivity contribution >= 4 is 16.8 Å². The number of H-pyrrole nitrogens is 1. The molecule has 1 aliphatic rings. The van der Waals surface area contributed by atoms with E-state index in [-0.39, 0.29) is 0 Å². The third kappa shape index (κ3) is 1.35. The van der Waals surface area contributed by atoms with Crippen LogP contribution < -0.4 is 5.32 Å². The van der Waals surface area contributed by atoms with Crippen molar-refractivity contribution in [2.75, 3.05) is 13.1 Å². The van der Waals surface area contributed by atoms with Gasteiger partial charge in [-0.2, -0.15) is 0 Å². The molecule has 0 aliphatic carbocycles. The summed E-state index contributed by atoms with van der Waals surface area (Å²) in [6.07, 6.45) is 5.92. The molecule has 3 aromatic heterocycles. The summed E-state index contributed by atoms with van der Waals surface area (Å²) in [6, 6.07) is 2.03. The van der Waals surface area contributed by atoms with Crippen LogP contribution in [0.5, 0.6) is 0 Å². The molecular weight excluding hydrogens is 228 g/mol. The van der Waals surface area contributed by atoms with Crippen molar-refractivity contribution in [1.82, 2.24) is 29.9 Å². The average Bonchev–Trinajstić information content (AvgIpc) is 3.05. The van der Waals surface area contributed by atoms with Gasteiger partial charge in [0.15, 0.2) is 11.3 Å². The van der Waals surface area contributed by atoms with Gasteiger partial charge in [-0.1, -0.05) is 0 Å². The summed E-state index contributed by atoms with van der Waals surface area (Å²) in [4.78, 5) is 7.47. The first-order valence-corrected chi connectivity index (χ1v) is 6.31. The van der Waals surface area contributed by atoms with Gasteiger partial charge in [-0.15, -0.1) is 10.2 Å². The lowest BCUT2D eigenvalue weighted by Gasteiger charge is -2.21. The Balaban J connectivity index is 1.96. The quantitative estimate of drug-likeness (QED) is 0.669. The third-order valence-electron chi connectivity index (χ3n) is 3.67. The summed E-state index contributed by atoms with van der Waals surface area (Å²) in [5, 5.41) is 12.0. The smallest absolute Gasteiger partial charge is 0.179 e. The number of aromatic amines is 1. The molecule has 0 atom stereocenters. The average molecular weight is 242 g/mol. The summed E-state index contributed by atoms with van der Waals surface area (Å²) >= 11 is 0. The molecule has 0 radical (unpaired) electrons. The number of fused-ring (bicyclic) bond motifs is 3. The highest BCUT2D eigenvalue weighted by molar-refractivity contribution is 5.74. The summed E-state index contributed by atoms with van der Waals surface area (Å²) in [5.41, 5.74) is 2.78. The Labute approximate surface area is 103 Å². The highest BCUT2D eigenvalue weighted by atomic mass is 15.3. The van der Waals surface area contributed by atoms with Crippen LogP contribution in [0, 0.1) is 0 Å². The van der Waals surface area contributed by atoms with Crippen LogP contribution in [-0.2, 0) is 0 Å². The maximum atomic E-state index is 4.38.